The van der Waals surface area contributed by atoms with E-state index >= 15 is 0 Å². The Morgan fingerprint density at radius 3 is 3.00 bits per heavy atom. The molecule has 25 heavy (non-hydrogen) atoms. The molecule has 4 rings (SSSR count). The van der Waals surface area contributed by atoms with Gasteiger partial charge in [0.15, 0.2) is 5.79 Å². The molecule has 4 atom stereocenters. The minimum Gasteiger partial charge on any atom is -0.344 e. The van der Waals surface area contributed by atoms with Gasteiger partial charge in [-0.2, -0.15) is 0 Å². The highest BCUT2D eigenvalue weighted by Crippen LogP contribution is 2.47. The van der Waals surface area contributed by atoms with Crippen molar-refractivity contribution in [2.75, 3.05) is 13.1 Å². The van der Waals surface area contributed by atoms with Crippen LogP contribution in [0.4, 0.5) is 0 Å². The third kappa shape index (κ3) is 2.91. The van der Waals surface area contributed by atoms with Crippen molar-refractivity contribution >= 4 is 22.6 Å². The van der Waals surface area contributed by atoms with Gasteiger partial charge in [0.05, 0.1) is 24.1 Å². The minimum absolute atomic E-state index is 0.0278. The summed E-state index contributed by atoms with van der Waals surface area (Å²) in [4.78, 5) is 8.48. The second-order valence-electron chi connectivity index (χ2n) is 7.09. The van der Waals surface area contributed by atoms with E-state index in [4.69, 9.17) is 27.5 Å². The molecule has 0 aromatic carbocycles. The summed E-state index contributed by atoms with van der Waals surface area (Å²) in [6.07, 6.45) is 9.78. The molecule has 0 unspecified atom stereocenters. The average Bonchev–Trinajstić information content (AvgIpc) is 3.20. The normalized spacial score (nSPS) is 30.5. The van der Waals surface area contributed by atoms with E-state index in [1.807, 2.05) is 26.1 Å². The van der Waals surface area contributed by atoms with Gasteiger partial charge in [0, 0.05) is 18.7 Å². The van der Waals surface area contributed by atoms with Crippen LogP contribution < -0.4 is 5.32 Å². The lowest BCUT2D eigenvalue weighted by atomic mass is 10.1. The molecule has 1 aliphatic carbocycles. The summed E-state index contributed by atoms with van der Waals surface area (Å²) in [6.45, 7) is 5.27. The number of ether oxygens (including phenoxy) is 2. The molecule has 2 fully saturated rings. The first-order valence-electron chi connectivity index (χ1n) is 8.47. The zero-order valence-electron chi connectivity index (χ0n) is 14.3. The summed E-state index contributed by atoms with van der Waals surface area (Å²) in [6, 6.07) is 2.09. The van der Waals surface area contributed by atoms with Gasteiger partial charge in [-0.25, -0.2) is 9.97 Å². The molecule has 6 nitrogen and oxygen atoms in total. The number of rotatable bonds is 4. The summed E-state index contributed by atoms with van der Waals surface area (Å²) < 4.78 is 14.6. The van der Waals surface area contributed by atoms with E-state index in [-0.39, 0.29) is 18.2 Å². The van der Waals surface area contributed by atoms with Crippen molar-refractivity contribution in [1.29, 1.82) is 0 Å². The Bertz CT molecular complexity index is 828. The first-order valence-corrected chi connectivity index (χ1v) is 8.85. The molecule has 2 aromatic heterocycles. The maximum absolute atomic E-state index is 6.24. The molecule has 132 valence electrons. The van der Waals surface area contributed by atoms with Gasteiger partial charge in [0.1, 0.15) is 23.2 Å². The molecular weight excluding hydrogens is 340 g/mol. The fraction of sp³-hybridized carbons (Fsp3) is 0.556. The van der Waals surface area contributed by atoms with Crippen molar-refractivity contribution in [3.63, 3.8) is 0 Å². The molecule has 0 radical (unpaired) electrons. The highest BCUT2D eigenvalue weighted by molar-refractivity contribution is 6.33. The monoisotopic (exact) mass is 360 g/mol. The lowest BCUT2D eigenvalue weighted by Gasteiger charge is -2.24. The highest BCUT2D eigenvalue weighted by atomic mass is 35.5. The van der Waals surface area contributed by atoms with E-state index in [2.05, 4.69) is 25.8 Å². The van der Waals surface area contributed by atoms with Crippen LogP contribution in [0.25, 0.3) is 11.0 Å². The van der Waals surface area contributed by atoms with E-state index in [9.17, 15) is 0 Å². The van der Waals surface area contributed by atoms with E-state index in [0.29, 0.717) is 17.6 Å². The Morgan fingerprint density at radius 1 is 1.40 bits per heavy atom. The number of hydrogen-bond acceptors (Lipinski definition) is 5. The molecule has 3 heterocycles. The molecule has 1 N–H and O–H groups in total. The maximum atomic E-state index is 6.24. The molecule has 0 bridgehead atoms. The molecule has 0 amide bonds. The number of terminal acetylenes is 1. The Labute approximate surface area is 151 Å². The van der Waals surface area contributed by atoms with Gasteiger partial charge < -0.3 is 19.4 Å². The summed E-state index contributed by atoms with van der Waals surface area (Å²) in [5, 5.41) is 4.62. The van der Waals surface area contributed by atoms with E-state index in [1.165, 1.54) is 6.33 Å². The van der Waals surface area contributed by atoms with Crippen molar-refractivity contribution < 1.29 is 9.47 Å². The smallest absolute Gasteiger partial charge is 0.163 e. The van der Waals surface area contributed by atoms with Gasteiger partial charge >= 0.3 is 0 Å². The van der Waals surface area contributed by atoms with Gasteiger partial charge in [-0.15, -0.1) is 6.42 Å². The van der Waals surface area contributed by atoms with E-state index in [1.54, 1.807) is 0 Å². The zero-order valence-corrected chi connectivity index (χ0v) is 15.0. The predicted molar refractivity (Wildman–Crippen MR) is 95.2 cm³/mol. The lowest BCUT2D eigenvalue weighted by molar-refractivity contribution is -0.160. The maximum Gasteiger partial charge on any atom is 0.163 e. The van der Waals surface area contributed by atoms with Gasteiger partial charge in [0.2, 0.25) is 0 Å². The topological polar surface area (TPSA) is 61.2 Å². The van der Waals surface area contributed by atoms with Crippen LogP contribution in [0.3, 0.4) is 0 Å². The van der Waals surface area contributed by atoms with E-state index < -0.39 is 5.79 Å². The van der Waals surface area contributed by atoms with Crippen molar-refractivity contribution in [3.05, 3.63) is 23.7 Å². The Balaban J connectivity index is 1.66. The lowest BCUT2D eigenvalue weighted by Crippen LogP contribution is -2.32. The van der Waals surface area contributed by atoms with Crippen LogP contribution in [0, 0.1) is 18.3 Å². The second kappa shape index (κ2) is 6.26. The number of hydrogen-bond donors (Lipinski definition) is 1. The van der Waals surface area contributed by atoms with Crippen LogP contribution in [-0.4, -0.2) is 45.6 Å². The average molecular weight is 361 g/mol. The van der Waals surface area contributed by atoms with Crippen molar-refractivity contribution in [2.24, 2.45) is 5.92 Å². The van der Waals surface area contributed by atoms with Gasteiger partial charge in [-0.1, -0.05) is 17.5 Å². The van der Waals surface area contributed by atoms with Crippen LogP contribution in [0.1, 0.15) is 26.3 Å². The number of halogens is 1. The van der Waals surface area contributed by atoms with Gasteiger partial charge in [-0.05, 0) is 26.3 Å². The van der Waals surface area contributed by atoms with Crippen LogP contribution in [0.5, 0.6) is 0 Å². The molecule has 1 aliphatic heterocycles. The van der Waals surface area contributed by atoms with Gasteiger partial charge in [0.25, 0.3) is 0 Å². The van der Waals surface area contributed by atoms with Crippen molar-refractivity contribution in [2.45, 2.75) is 44.3 Å². The van der Waals surface area contributed by atoms with Crippen LogP contribution in [0.2, 0.25) is 5.15 Å². The predicted octanol–water partition coefficient (Wildman–Crippen LogP) is 2.39. The molecule has 1 saturated carbocycles. The summed E-state index contributed by atoms with van der Waals surface area (Å²) in [5.74, 6) is 2.35. The summed E-state index contributed by atoms with van der Waals surface area (Å²) in [7, 11) is 0. The van der Waals surface area contributed by atoms with Crippen LogP contribution in [0.15, 0.2) is 18.6 Å². The molecule has 2 aliphatic rings. The Morgan fingerprint density at radius 2 is 2.20 bits per heavy atom. The number of nitrogens with one attached hydrogen (secondary N) is 1. The third-order valence-corrected chi connectivity index (χ3v) is 5.30. The summed E-state index contributed by atoms with van der Waals surface area (Å²) in [5.41, 5.74) is 0.828. The van der Waals surface area contributed by atoms with Crippen LogP contribution in [-0.2, 0) is 9.47 Å². The quantitative estimate of drug-likeness (QED) is 0.515. The highest BCUT2D eigenvalue weighted by Gasteiger charge is 2.54. The first kappa shape index (κ1) is 16.8. The van der Waals surface area contributed by atoms with Gasteiger partial charge in [-0.3, -0.25) is 0 Å². The van der Waals surface area contributed by atoms with Crippen LogP contribution >= 0.6 is 11.6 Å². The Kier molecular flexibility index (Phi) is 4.20. The summed E-state index contributed by atoms with van der Waals surface area (Å²) >= 11 is 6.20. The minimum atomic E-state index is -0.589. The third-order valence-electron chi connectivity index (χ3n) is 5.00. The Hall–Kier alpha value is -1.65. The molecular formula is C18H21ClN4O2. The molecule has 7 heteroatoms. The SMILES string of the molecule is C#CCNC[C@H]1C[C@@H](n2ccc3c(Cl)ncnc32)[C@@H]2OC(C)(C)O[C@H]12. The fourth-order valence-electron chi connectivity index (χ4n) is 4.07. The number of nitrogens with zero attached hydrogens (tertiary/aromatic N) is 3. The number of fused-ring (bicyclic) bond motifs is 2. The number of aromatic nitrogens is 3. The standard InChI is InChI=1S/C18H21ClN4O2/c1-4-6-20-9-11-8-13(15-14(11)24-18(2,3)25-15)23-7-5-12-16(19)21-10-22-17(12)23/h1,5,7,10-11,13-15,20H,6,8-9H2,2-3H3/t11-,13-,14-,15+/m1/s1. The fourth-order valence-corrected chi connectivity index (χ4v) is 4.26. The largest absolute Gasteiger partial charge is 0.344 e. The molecule has 0 spiro atoms. The van der Waals surface area contributed by atoms with Crippen molar-refractivity contribution in [3.8, 4) is 12.3 Å². The van der Waals surface area contributed by atoms with Crippen molar-refractivity contribution in [1.82, 2.24) is 19.9 Å². The zero-order chi connectivity index (χ0) is 17.6. The second-order valence-corrected chi connectivity index (χ2v) is 7.45. The first-order chi connectivity index (χ1) is 12.0. The molecule has 2 aromatic rings. The molecule has 1 saturated heterocycles. The van der Waals surface area contributed by atoms with E-state index in [0.717, 1.165) is 24.0 Å².